The second kappa shape index (κ2) is 6.20. The highest BCUT2D eigenvalue weighted by Gasteiger charge is 2.10. The fourth-order valence-electron chi connectivity index (χ4n) is 3.77. The first-order chi connectivity index (χ1) is 13.3. The van der Waals surface area contributed by atoms with Crippen LogP contribution in [0.1, 0.15) is 11.1 Å². The van der Waals surface area contributed by atoms with Gasteiger partial charge < -0.3 is 5.73 Å². The van der Waals surface area contributed by atoms with E-state index in [1.165, 1.54) is 32.3 Å². The molecule has 0 heterocycles. The van der Waals surface area contributed by atoms with Crippen LogP contribution in [-0.2, 0) is 0 Å². The Hall–Kier alpha value is -3.76. The monoisotopic (exact) mass is 343 g/mol. The molecule has 5 rings (SSSR count). The quantitative estimate of drug-likeness (QED) is 0.204. The minimum absolute atomic E-state index is 0.753. The molecule has 5 aromatic rings. The predicted octanol–water partition coefficient (Wildman–Crippen LogP) is 6.13. The van der Waals surface area contributed by atoms with Gasteiger partial charge in [-0.1, -0.05) is 72.5 Å². The van der Waals surface area contributed by atoms with E-state index in [2.05, 4.69) is 78.6 Å². The fourth-order valence-corrected chi connectivity index (χ4v) is 3.77. The maximum Gasteiger partial charge on any atom is 0.0333 e. The zero-order valence-corrected chi connectivity index (χ0v) is 14.7. The Morgan fingerprint density at radius 2 is 1.00 bits per heavy atom. The van der Waals surface area contributed by atoms with Crippen molar-refractivity contribution in [1.82, 2.24) is 0 Å². The SMILES string of the molecule is Nc1ccc(C#Cc2cccc3c4ccccc4c4ccccc4c23)cc1. The summed E-state index contributed by atoms with van der Waals surface area (Å²) in [7, 11) is 0. The number of hydrogen-bond acceptors (Lipinski definition) is 1. The molecular formula is C26H17N. The minimum atomic E-state index is 0.753. The van der Waals surface area contributed by atoms with Crippen molar-refractivity contribution >= 4 is 38.0 Å². The van der Waals surface area contributed by atoms with E-state index >= 15 is 0 Å². The van der Waals surface area contributed by atoms with Crippen LogP contribution >= 0.6 is 0 Å². The topological polar surface area (TPSA) is 26.0 Å². The Kier molecular flexibility index (Phi) is 3.56. The maximum absolute atomic E-state index is 5.78. The molecule has 0 fully saturated rings. The molecule has 0 aliphatic rings. The molecule has 0 aliphatic carbocycles. The smallest absolute Gasteiger partial charge is 0.0333 e. The van der Waals surface area contributed by atoms with Gasteiger partial charge in [-0.05, 0) is 57.3 Å². The highest BCUT2D eigenvalue weighted by atomic mass is 14.5. The molecule has 1 nitrogen and oxygen atoms in total. The number of fused-ring (bicyclic) bond motifs is 6. The fraction of sp³-hybridized carbons (Fsp3) is 0. The third kappa shape index (κ3) is 2.60. The molecule has 0 unspecified atom stereocenters. The van der Waals surface area contributed by atoms with Crippen LogP contribution in [0, 0.1) is 11.8 Å². The molecule has 2 N–H and O–H groups in total. The van der Waals surface area contributed by atoms with Crippen molar-refractivity contribution in [3.05, 3.63) is 102 Å². The molecule has 0 saturated heterocycles. The Morgan fingerprint density at radius 1 is 0.481 bits per heavy atom. The molecule has 0 bridgehead atoms. The van der Waals surface area contributed by atoms with Crippen molar-refractivity contribution < 1.29 is 0 Å². The van der Waals surface area contributed by atoms with Crippen molar-refractivity contribution in [2.75, 3.05) is 5.73 Å². The Labute approximate surface area is 158 Å². The van der Waals surface area contributed by atoms with Gasteiger partial charge in [0.15, 0.2) is 0 Å². The average molecular weight is 343 g/mol. The number of nitrogen functional groups attached to an aromatic ring is 1. The third-order valence-corrected chi connectivity index (χ3v) is 5.02. The molecule has 126 valence electrons. The lowest BCUT2D eigenvalue weighted by molar-refractivity contribution is 1.63. The summed E-state index contributed by atoms with van der Waals surface area (Å²) in [4.78, 5) is 0. The summed E-state index contributed by atoms with van der Waals surface area (Å²) < 4.78 is 0. The average Bonchev–Trinajstić information content (AvgIpc) is 2.73. The summed E-state index contributed by atoms with van der Waals surface area (Å²) in [6.07, 6.45) is 0. The van der Waals surface area contributed by atoms with Gasteiger partial charge in [0.25, 0.3) is 0 Å². The summed E-state index contributed by atoms with van der Waals surface area (Å²) in [6, 6.07) is 31.3. The van der Waals surface area contributed by atoms with Crippen molar-refractivity contribution in [2.45, 2.75) is 0 Å². The zero-order valence-electron chi connectivity index (χ0n) is 14.7. The van der Waals surface area contributed by atoms with Gasteiger partial charge in [-0.15, -0.1) is 0 Å². The molecule has 0 saturated carbocycles. The van der Waals surface area contributed by atoms with E-state index in [4.69, 9.17) is 5.73 Å². The summed E-state index contributed by atoms with van der Waals surface area (Å²) in [6.45, 7) is 0. The second-order valence-electron chi connectivity index (χ2n) is 6.69. The number of nitrogens with two attached hydrogens (primary N) is 1. The Morgan fingerprint density at radius 3 is 1.63 bits per heavy atom. The summed E-state index contributed by atoms with van der Waals surface area (Å²) in [5, 5.41) is 7.52. The molecule has 27 heavy (non-hydrogen) atoms. The van der Waals surface area contributed by atoms with Gasteiger partial charge in [-0.25, -0.2) is 0 Å². The van der Waals surface area contributed by atoms with Crippen LogP contribution in [0.15, 0.2) is 91.0 Å². The number of rotatable bonds is 0. The van der Waals surface area contributed by atoms with Gasteiger partial charge in [-0.2, -0.15) is 0 Å². The van der Waals surface area contributed by atoms with Gasteiger partial charge in [0, 0.05) is 22.2 Å². The molecule has 0 atom stereocenters. The minimum Gasteiger partial charge on any atom is -0.399 e. The Bertz CT molecular complexity index is 1320. The first-order valence-corrected chi connectivity index (χ1v) is 9.01. The summed E-state index contributed by atoms with van der Waals surface area (Å²) in [5.41, 5.74) is 8.54. The molecule has 0 aliphatic heterocycles. The van der Waals surface area contributed by atoms with Crippen LogP contribution in [0.25, 0.3) is 32.3 Å². The lowest BCUT2D eigenvalue weighted by Crippen LogP contribution is -1.87. The molecule has 0 radical (unpaired) electrons. The molecule has 0 amide bonds. The van der Waals surface area contributed by atoms with Gasteiger partial charge >= 0.3 is 0 Å². The van der Waals surface area contributed by atoms with Crippen LogP contribution in [0.4, 0.5) is 5.69 Å². The Balaban J connectivity index is 1.86. The van der Waals surface area contributed by atoms with Crippen LogP contribution in [0.5, 0.6) is 0 Å². The van der Waals surface area contributed by atoms with Crippen molar-refractivity contribution in [3.8, 4) is 11.8 Å². The summed E-state index contributed by atoms with van der Waals surface area (Å²) >= 11 is 0. The van der Waals surface area contributed by atoms with E-state index in [1.807, 2.05) is 24.3 Å². The van der Waals surface area contributed by atoms with E-state index in [1.54, 1.807) is 0 Å². The zero-order chi connectivity index (χ0) is 18.2. The highest BCUT2D eigenvalue weighted by molar-refractivity contribution is 6.26. The number of anilines is 1. The van der Waals surface area contributed by atoms with Crippen LogP contribution < -0.4 is 5.73 Å². The van der Waals surface area contributed by atoms with Crippen LogP contribution in [0.3, 0.4) is 0 Å². The normalized spacial score (nSPS) is 10.8. The largest absolute Gasteiger partial charge is 0.399 e. The van der Waals surface area contributed by atoms with E-state index in [0.717, 1.165) is 16.8 Å². The number of benzene rings is 5. The molecule has 5 aromatic carbocycles. The van der Waals surface area contributed by atoms with Gasteiger partial charge in [-0.3, -0.25) is 0 Å². The van der Waals surface area contributed by atoms with E-state index in [9.17, 15) is 0 Å². The summed E-state index contributed by atoms with van der Waals surface area (Å²) in [5.74, 6) is 6.68. The van der Waals surface area contributed by atoms with Crippen LogP contribution in [0.2, 0.25) is 0 Å². The highest BCUT2D eigenvalue weighted by Crippen LogP contribution is 2.36. The standard InChI is InChI=1S/C26H17N/c27-20-16-13-18(14-17-20)12-15-19-6-5-11-25-23-8-2-1-7-21(23)22-9-3-4-10-24(22)26(19)25/h1-11,13-14,16-17H,27H2. The van der Waals surface area contributed by atoms with Crippen molar-refractivity contribution in [3.63, 3.8) is 0 Å². The number of hydrogen-bond donors (Lipinski definition) is 1. The van der Waals surface area contributed by atoms with E-state index < -0.39 is 0 Å². The maximum atomic E-state index is 5.78. The van der Waals surface area contributed by atoms with Gasteiger partial charge in [0.1, 0.15) is 0 Å². The van der Waals surface area contributed by atoms with E-state index in [0.29, 0.717) is 0 Å². The lowest BCUT2D eigenvalue weighted by atomic mass is 9.92. The van der Waals surface area contributed by atoms with Crippen molar-refractivity contribution in [1.29, 1.82) is 0 Å². The molecular weight excluding hydrogens is 326 g/mol. The van der Waals surface area contributed by atoms with Gasteiger partial charge in [0.05, 0.1) is 0 Å². The van der Waals surface area contributed by atoms with Crippen LogP contribution in [-0.4, -0.2) is 0 Å². The predicted molar refractivity (Wildman–Crippen MR) is 116 cm³/mol. The first-order valence-electron chi connectivity index (χ1n) is 9.01. The first kappa shape index (κ1) is 15.5. The molecule has 0 spiro atoms. The lowest BCUT2D eigenvalue weighted by Gasteiger charge is -2.11. The molecule has 0 aromatic heterocycles. The van der Waals surface area contributed by atoms with Gasteiger partial charge in [0.2, 0.25) is 0 Å². The second-order valence-corrected chi connectivity index (χ2v) is 6.69. The third-order valence-electron chi connectivity index (χ3n) is 5.02. The van der Waals surface area contributed by atoms with E-state index in [-0.39, 0.29) is 0 Å². The molecule has 1 heteroatoms. The van der Waals surface area contributed by atoms with Crippen molar-refractivity contribution in [2.24, 2.45) is 0 Å².